The predicted octanol–water partition coefficient (Wildman–Crippen LogP) is 1.26. The lowest BCUT2D eigenvalue weighted by Gasteiger charge is -2.28. The highest BCUT2D eigenvalue weighted by Gasteiger charge is 2.38. The Morgan fingerprint density at radius 2 is 1.72 bits per heavy atom. The predicted molar refractivity (Wildman–Crippen MR) is 106 cm³/mol. The molecule has 0 radical (unpaired) electrons. The molecule has 0 aromatic heterocycles. The summed E-state index contributed by atoms with van der Waals surface area (Å²) in [4.78, 5) is 55.1. The zero-order valence-corrected chi connectivity index (χ0v) is 16.4. The number of benzene rings is 1. The summed E-state index contributed by atoms with van der Waals surface area (Å²) >= 11 is 0. The molecule has 0 aliphatic carbocycles. The van der Waals surface area contributed by atoms with Crippen LogP contribution in [0.5, 0.6) is 0 Å². The minimum absolute atomic E-state index is 0.0614. The summed E-state index contributed by atoms with van der Waals surface area (Å²) < 4.78 is 0. The van der Waals surface area contributed by atoms with Crippen molar-refractivity contribution in [2.45, 2.75) is 44.6 Å². The number of likely N-dealkylation sites (tertiary alicyclic amines) is 2. The average Bonchev–Trinajstić information content (AvgIpc) is 3.45. The van der Waals surface area contributed by atoms with Crippen LogP contribution in [0.1, 0.15) is 59.2 Å². The Labute approximate surface area is 169 Å². The van der Waals surface area contributed by atoms with Gasteiger partial charge >= 0.3 is 0 Å². The number of rotatable bonds is 5. The summed E-state index contributed by atoms with van der Waals surface area (Å²) in [6.07, 6.45) is 4.17. The van der Waals surface area contributed by atoms with Crippen LogP contribution in [0.25, 0.3) is 0 Å². The molecule has 29 heavy (non-hydrogen) atoms. The van der Waals surface area contributed by atoms with Gasteiger partial charge in [0.2, 0.25) is 11.8 Å². The standard InChI is InChI=1S/C21H26N4O4/c22-14-7-8-15-16(13-14)20(28)25(19(15)27)12-4-6-18(26)24-11-3-5-17(24)21(29)23-9-1-2-10-23/h7-8,13,17H,1-6,9-12,22H2/t17-/m0/s1. The van der Waals surface area contributed by atoms with Gasteiger partial charge in [-0.2, -0.15) is 0 Å². The molecule has 2 fully saturated rings. The number of carbonyl (C=O) groups is 4. The summed E-state index contributed by atoms with van der Waals surface area (Å²) in [5.74, 6) is -0.735. The number of fused-ring (bicyclic) bond motifs is 1. The maximum absolute atomic E-state index is 12.7. The van der Waals surface area contributed by atoms with Gasteiger partial charge in [-0.05, 0) is 50.3 Å². The quantitative estimate of drug-likeness (QED) is 0.594. The third kappa shape index (κ3) is 3.59. The molecule has 2 N–H and O–H groups in total. The number of carbonyl (C=O) groups excluding carboxylic acids is 4. The van der Waals surface area contributed by atoms with Crippen molar-refractivity contribution in [1.82, 2.24) is 14.7 Å². The normalized spacial score (nSPS) is 21.2. The Morgan fingerprint density at radius 1 is 1.00 bits per heavy atom. The molecule has 8 nitrogen and oxygen atoms in total. The fourth-order valence-electron chi connectivity index (χ4n) is 4.51. The molecule has 3 aliphatic rings. The largest absolute Gasteiger partial charge is 0.399 e. The van der Waals surface area contributed by atoms with Crippen molar-refractivity contribution in [2.75, 3.05) is 31.9 Å². The van der Waals surface area contributed by atoms with Crippen LogP contribution in [0.3, 0.4) is 0 Å². The van der Waals surface area contributed by atoms with Gasteiger partial charge in [-0.15, -0.1) is 0 Å². The number of nitrogens with zero attached hydrogens (tertiary/aromatic N) is 3. The van der Waals surface area contributed by atoms with Gasteiger partial charge in [0.25, 0.3) is 11.8 Å². The minimum Gasteiger partial charge on any atom is -0.399 e. The van der Waals surface area contributed by atoms with Gasteiger partial charge in [0.1, 0.15) is 6.04 Å². The van der Waals surface area contributed by atoms with Crippen LogP contribution in [0.4, 0.5) is 5.69 Å². The highest BCUT2D eigenvalue weighted by Crippen LogP contribution is 2.26. The molecule has 4 rings (SSSR count). The van der Waals surface area contributed by atoms with E-state index in [2.05, 4.69) is 0 Å². The van der Waals surface area contributed by atoms with E-state index in [1.54, 1.807) is 17.0 Å². The molecular weight excluding hydrogens is 372 g/mol. The van der Waals surface area contributed by atoms with Crippen LogP contribution >= 0.6 is 0 Å². The maximum atomic E-state index is 12.7. The highest BCUT2D eigenvalue weighted by molar-refractivity contribution is 6.21. The fourth-order valence-corrected chi connectivity index (χ4v) is 4.51. The van der Waals surface area contributed by atoms with Crippen LogP contribution in [0, 0.1) is 0 Å². The van der Waals surface area contributed by atoms with Gasteiger partial charge in [-0.3, -0.25) is 24.1 Å². The number of nitrogen functional groups attached to an aromatic ring is 1. The maximum Gasteiger partial charge on any atom is 0.261 e. The van der Waals surface area contributed by atoms with Crippen molar-refractivity contribution in [2.24, 2.45) is 0 Å². The number of hydrogen-bond donors (Lipinski definition) is 1. The van der Waals surface area contributed by atoms with Crippen molar-refractivity contribution in [1.29, 1.82) is 0 Å². The lowest BCUT2D eigenvalue weighted by atomic mass is 10.1. The topological polar surface area (TPSA) is 104 Å². The number of amides is 4. The number of anilines is 1. The first-order chi connectivity index (χ1) is 14.0. The Morgan fingerprint density at radius 3 is 2.48 bits per heavy atom. The smallest absolute Gasteiger partial charge is 0.261 e. The molecule has 3 aliphatic heterocycles. The van der Waals surface area contributed by atoms with Gasteiger partial charge in [0, 0.05) is 38.3 Å². The Hall–Kier alpha value is -2.90. The first-order valence-corrected chi connectivity index (χ1v) is 10.3. The van der Waals surface area contributed by atoms with E-state index in [0.29, 0.717) is 36.2 Å². The minimum atomic E-state index is -0.368. The molecule has 0 saturated carbocycles. The van der Waals surface area contributed by atoms with E-state index >= 15 is 0 Å². The number of hydrogen-bond acceptors (Lipinski definition) is 5. The SMILES string of the molecule is Nc1ccc2c(c1)C(=O)N(CCCC(=O)N1CCC[C@H]1C(=O)N1CCCC1)C2=O. The molecule has 1 aromatic carbocycles. The lowest BCUT2D eigenvalue weighted by Crippen LogP contribution is -2.47. The van der Waals surface area contributed by atoms with Gasteiger partial charge in [0.05, 0.1) is 11.1 Å². The monoisotopic (exact) mass is 398 g/mol. The first kappa shape index (κ1) is 19.4. The zero-order valence-electron chi connectivity index (χ0n) is 16.4. The van der Waals surface area contributed by atoms with E-state index in [-0.39, 0.29) is 42.6 Å². The molecule has 2 saturated heterocycles. The Kier molecular flexibility index (Phi) is 5.25. The van der Waals surface area contributed by atoms with Crippen molar-refractivity contribution in [3.63, 3.8) is 0 Å². The molecule has 1 atom stereocenters. The second-order valence-corrected chi connectivity index (χ2v) is 7.95. The van der Waals surface area contributed by atoms with E-state index in [1.807, 2.05) is 4.90 Å². The van der Waals surface area contributed by atoms with Crippen LogP contribution < -0.4 is 5.73 Å². The molecular formula is C21H26N4O4. The second kappa shape index (κ2) is 7.85. The van der Waals surface area contributed by atoms with Crippen LogP contribution in [0.2, 0.25) is 0 Å². The summed E-state index contributed by atoms with van der Waals surface area (Å²) in [6, 6.07) is 4.32. The molecule has 4 amide bonds. The van der Waals surface area contributed by atoms with E-state index in [9.17, 15) is 19.2 Å². The third-order valence-electron chi connectivity index (χ3n) is 6.04. The Bertz CT molecular complexity index is 862. The summed E-state index contributed by atoms with van der Waals surface area (Å²) in [5.41, 5.74) is 6.82. The molecule has 0 unspecified atom stereocenters. The summed E-state index contributed by atoms with van der Waals surface area (Å²) in [7, 11) is 0. The van der Waals surface area contributed by atoms with Gasteiger partial charge in [-0.25, -0.2) is 0 Å². The molecule has 8 heteroatoms. The molecule has 1 aromatic rings. The van der Waals surface area contributed by atoms with Crippen LogP contribution in [-0.2, 0) is 9.59 Å². The highest BCUT2D eigenvalue weighted by atomic mass is 16.2. The average molecular weight is 398 g/mol. The molecule has 0 bridgehead atoms. The van der Waals surface area contributed by atoms with E-state index in [0.717, 1.165) is 32.4 Å². The van der Waals surface area contributed by atoms with E-state index in [4.69, 9.17) is 5.73 Å². The van der Waals surface area contributed by atoms with E-state index in [1.165, 1.54) is 11.0 Å². The van der Waals surface area contributed by atoms with Gasteiger partial charge in [-0.1, -0.05) is 0 Å². The van der Waals surface area contributed by atoms with Crippen molar-refractivity contribution in [3.05, 3.63) is 29.3 Å². The fraction of sp³-hybridized carbons (Fsp3) is 0.524. The zero-order chi connectivity index (χ0) is 20.5. The molecule has 0 spiro atoms. The van der Waals surface area contributed by atoms with Crippen molar-refractivity contribution >= 4 is 29.3 Å². The van der Waals surface area contributed by atoms with Crippen LogP contribution in [0.15, 0.2) is 18.2 Å². The number of imide groups is 1. The van der Waals surface area contributed by atoms with Crippen LogP contribution in [-0.4, -0.2) is 70.5 Å². The number of nitrogens with two attached hydrogens (primary N) is 1. The first-order valence-electron chi connectivity index (χ1n) is 10.3. The van der Waals surface area contributed by atoms with Gasteiger partial charge < -0.3 is 15.5 Å². The second-order valence-electron chi connectivity index (χ2n) is 7.95. The van der Waals surface area contributed by atoms with Crippen molar-refractivity contribution in [3.8, 4) is 0 Å². The molecule has 154 valence electrons. The van der Waals surface area contributed by atoms with Crippen molar-refractivity contribution < 1.29 is 19.2 Å². The van der Waals surface area contributed by atoms with Gasteiger partial charge in [0.15, 0.2) is 0 Å². The summed E-state index contributed by atoms with van der Waals surface area (Å²) in [5, 5.41) is 0. The third-order valence-corrected chi connectivity index (χ3v) is 6.04. The molecule has 3 heterocycles. The summed E-state index contributed by atoms with van der Waals surface area (Å²) in [6.45, 7) is 2.33. The van der Waals surface area contributed by atoms with E-state index < -0.39 is 0 Å². The lowest BCUT2D eigenvalue weighted by molar-refractivity contribution is -0.143. The Balaban J connectivity index is 1.32.